The van der Waals surface area contributed by atoms with E-state index in [1.165, 1.54) is 0 Å². The quantitative estimate of drug-likeness (QED) is 0.780. The van der Waals surface area contributed by atoms with Crippen molar-refractivity contribution in [3.05, 3.63) is 23.8 Å². The second kappa shape index (κ2) is 8.20. The Morgan fingerprint density at radius 3 is 2.64 bits per heavy atom. The minimum absolute atomic E-state index is 0.00894. The summed E-state index contributed by atoms with van der Waals surface area (Å²) in [7, 11) is 0. The molecule has 136 valence electrons. The molecule has 7 nitrogen and oxygen atoms in total. The summed E-state index contributed by atoms with van der Waals surface area (Å²) >= 11 is 0. The normalized spacial score (nSPS) is 16.8. The first kappa shape index (κ1) is 17.5. The molecular weight excluding hydrogens is 322 g/mol. The zero-order chi connectivity index (χ0) is 17.6. The summed E-state index contributed by atoms with van der Waals surface area (Å²) in [5.41, 5.74) is 0.606. The van der Waals surface area contributed by atoms with Gasteiger partial charge >= 0.3 is 0 Å². The molecular formula is C18H25N3O4. The monoisotopic (exact) mass is 347 g/mol. The lowest BCUT2D eigenvalue weighted by atomic mass is 10.1. The van der Waals surface area contributed by atoms with Crippen molar-refractivity contribution in [3.63, 3.8) is 0 Å². The number of piperazine rings is 1. The zero-order valence-corrected chi connectivity index (χ0v) is 14.6. The predicted molar refractivity (Wildman–Crippen MR) is 92.8 cm³/mol. The molecule has 25 heavy (non-hydrogen) atoms. The van der Waals surface area contributed by atoms with Crippen LogP contribution in [0.25, 0.3) is 0 Å². The summed E-state index contributed by atoms with van der Waals surface area (Å²) in [6.45, 7) is 6.09. The third-order valence-corrected chi connectivity index (χ3v) is 4.50. The van der Waals surface area contributed by atoms with Gasteiger partial charge in [-0.3, -0.25) is 14.5 Å². The third kappa shape index (κ3) is 4.42. The Bertz CT molecular complexity index is 627. The SMILES string of the molecule is CCCCNC(=O)CN1CCN(C(=O)c2ccc3c(c2)OCO3)CC1. The van der Waals surface area contributed by atoms with E-state index < -0.39 is 0 Å². The van der Waals surface area contributed by atoms with Crippen molar-refractivity contribution in [2.24, 2.45) is 0 Å². The van der Waals surface area contributed by atoms with Gasteiger partial charge in [0.15, 0.2) is 11.5 Å². The highest BCUT2D eigenvalue weighted by Gasteiger charge is 2.24. The minimum Gasteiger partial charge on any atom is -0.454 e. The molecule has 1 N–H and O–H groups in total. The molecule has 1 fully saturated rings. The molecule has 7 heteroatoms. The number of ether oxygens (including phenoxy) is 2. The van der Waals surface area contributed by atoms with Gasteiger partial charge in [0.05, 0.1) is 6.54 Å². The summed E-state index contributed by atoms with van der Waals surface area (Å²) < 4.78 is 10.6. The predicted octanol–water partition coefficient (Wildman–Crippen LogP) is 1.09. The Balaban J connectivity index is 1.47. The number of benzene rings is 1. The first-order chi connectivity index (χ1) is 12.2. The number of nitrogens with one attached hydrogen (secondary N) is 1. The molecule has 2 heterocycles. The summed E-state index contributed by atoms with van der Waals surface area (Å²) in [6.07, 6.45) is 2.07. The maximum absolute atomic E-state index is 12.6. The second-order valence-corrected chi connectivity index (χ2v) is 6.34. The van der Waals surface area contributed by atoms with Gasteiger partial charge in [0.1, 0.15) is 0 Å². The van der Waals surface area contributed by atoms with Gasteiger partial charge in [-0.15, -0.1) is 0 Å². The van der Waals surface area contributed by atoms with Gasteiger partial charge < -0.3 is 19.7 Å². The van der Waals surface area contributed by atoms with Gasteiger partial charge in [-0.05, 0) is 24.6 Å². The van der Waals surface area contributed by atoms with Crippen molar-refractivity contribution < 1.29 is 19.1 Å². The lowest BCUT2D eigenvalue weighted by molar-refractivity contribution is -0.122. The molecule has 0 aliphatic carbocycles. The van der Waals surface area contributed by atoms with Gasteiger partial charge in [0.25, 0.3) is 5.91 Å². The van der Waals surface area contributed by atoms with E-state index in [-0.39, 0.29) is 18.6 Å². The fourth-order valence-electron chi connectivity index (χ4n) is 2.98. The lowest BCUT2D eigenvalue weighted by Crippen LogP contribution is -2.51. The molecule has 0 radical (unpaired) electrons. The Morgan fingerprint density at radius 1 is 1.12 bits per heavy atom. The van der Waals surface area contributed by atoms with E-state index in [9.17, 15) is 9.59 Å². The number of carbonyl (C=O) groups excluding carboxylic acids is 2. The Hall–Kier alpha value is -2.28. The first-order valence-corrected chi connectivity index (χ1v) is 8.85. The summed E-state index contributed by atoms with van der Waals surface area (Å²) in [5, 5.41) is 2.93. The zero-order valence-electron chi connectivity index (χ0n) is 14.6. The summed E-state index contributed by atoms with van der Waals surface area (Å²) in [6, 6.07) is 5.27. The average molecular weight is 347 g/mol. The molecule has 2 amide bonds. The van der Waals surface area contributed by atoms with Crippen LogP contribution in [0.1, 0.15) is 30.1 Å². The maximum Gasteiger partial charge on any atom is 0.254 e. The van der Waals surface area contributed by atoms with Crippen LogP contribution < -0.4 is 14.8 Å². The number of fused-ring (bicyclic) bond motifs is 1. The van der Waals surface area contributed by atoms with Crippen LogP contribution in [0.5, 0.6) is 11.5 Å². The minimum atomic E-state index is -0.00894. The highest BCUT2D eigenvalue weighted by Crippen LogP contribution is 2.32. The third-order valence-electron chi connectivity index (χ3n) is 4.50. The fourth-order valence-corrected chi connectivity index (χ4v) is 2.98. The van der Waals surface area contributed by atoms with Crippen LogP contribution in [0.3, 0.4) is 0 Å². The largest absolute Gasteiger partial charge is 0.454 e. The number of hydrogen-bond acceptors (Lipinski definition) is 5. The molecule has 1 saturated heterocycles. The van der Waals surface area contributed by atoms with E-state index in [4.69, 9.17) is 9.47 Å². The molecule has 0 bridgehead atoms. The van der Waals surface area contributed by atoms with Gasteiger partial charge in [-0.25, -0.2) is 0 Å². The van der Waals surface area contributed by atoms with Crippen LogP contribution in [-0.4, -0.2) is 67.7 Å². The number of hydrogen-bond donors (Lipinski definition) is 1. The van der Waals surface area contributed by atoms with Crippen LogP contribution in [0.15, 0.2) is 18.2 Å². The molecule has 0 spiro atoms. The van der Waals surface area contributed by atoms with Crippen LogP contribution >= 0.6 is 0 Å². The van der Waals surface area contributed by atoms with Crippen molar-refractivity contribution in [1.29, 1.82) is 0 Å². The molecule has 0 unspecified atom stereocenters. The van der Waals surface area contributed by atoms with Crippen LogP contribution in [0.2, 0.25) is 0 Å². The molecule has 1 aromatic rings. The Kier molecular flexibility index (Phi) is 5.75. The van der Waals surface area contributed by atoms with Gasteiger partial charge in [0, 0.05) is 38.3 Å². The highest BCUT2D eigenvalue weighted by molar-refractivity contribution is 5.95. The van der Waals surface area contributed by atoms with Crippen molar-refractivity contribution >= 4 is 11.8 Å². The molecule has 2 aliphatic heterocycles. The maximum atomic E-state index is 12.6. The molecule has 0 saturated carbocycles. The molecule has 3 rings (SSSR count). The van der Waals surface area contributed by atoms with E-state index >= 15 is 0 Å². The van der Waals surface area contributed by atoms with E-state index in [1.54, 1.807) is 18.2 Å². The highest BCUT2D eigenvalue weighted by atomic mass is 16.7. The molecule has 0 atom stereocenters. The van der Waals surface area contributed by atoms with Crippen molar-refractivity contribution in [2.45, 2.75) is 19.8 Å². The number of unbranched alkanes of at least 4 members (excludes halogenated alkanes) is 1. The average Bonchev–Trinajstić information content (AvgIpc) is 3.09. The van der Waals surface area contributed by atoms with Crippen LogP contribution in [-0.2, 0) is 4.79 Å². The number of carbonyl (C=O) groups is 2. The number of nitrogens with zero attached hydrogens (tertiary/aromatic N) is 2. The Morgan fingerprint density at radius 2 is 1.88 bits per heavy atom. The molecule has 1 aromatic carbocycles. The van der Waals surface area contributed by atoms with Crippen LogP contribution in [0.4, 0.5) is 0 Å². The molecule has 2 aliphatic rings. The van der Waals surface area contributed by atoms with E-state index in [2.05, 4.69) is 17.1 Å². The smallest absolute Gasteiger partial charge is 0.254 e. The van der Waals surface area contributed by atoms with Crippen LogP contribution in [0, 0.1) is 0 Å². The van der Waals surface area contributed by atoms with Gasteiger partial charge in [-0.2, -0.15) is 0 Å². The number of amides is 2. The van der Waals surface area contributed by atoms with Gasteiger partial charge in [-0.1, -0.05) is 13.3 Å². The first-order valence-electron chi connectivity index (χ1n) is 8.85. The molecule has 0 aromatic heterocycles. The topological polar surface area (TPSA) is 71.1 Å². The lowest BCUT2D eigenvalue weighted by Gasteiger charge is -2.34. The fraction of sp³-hybridized carbons (Fsp3) is 0.556. The van der Waals surface area contributed by atoms with Crippen molar-refractivity contribution in [3.8, 4) is 11.5 Å². The van der Waals surface area contributed by atoms with E-state index in [0.29, 0.717) is 49.8 Å². The summed E-state index contributed by atoms with van der Waals surface area (Å²) in [4.78, 5) is 28.4. The summed E-state index contributed by atoms with van der Waals surface area (Å²) in [5.74, 6) is 1.35. The second-order valence-electron chi connectivity index (χ2n) is 6.34. The van der Waals surface area contributed by atoms with E-state index in [1.807, 2.05) is 4.90 Å². The van der Waals surface area contributed by atoms with Crippen molar-refractivity contribution in [2.75, 3.05) is 46.1 Å². The standard InChI is InChI=1S/C18H25N3O4/c1-2-3-6-19-17(22)12-20-7-9-21(10-8-20)18(23)14-4-5-15-16(11-14)25-13-24-15/h4-5,11H,2-3,6-10,12-13H2,1H3,(H,19,22). The van der Waals surface area contributed by atoms with E-state index in [0.717, 1.165) is 19.4 Å². The Labute approximate surface area is 147 Å². The van der Waals surface area contributed by atoms with Crippen molar-refractivity contribution in [1.82, 2.24) is 15.1 Å². The van der Waals surface area contributed by atoms with Gasteiger partial charge in [0.2, 0.25) is 12.7 Å². The number of rotatable bonds is 6.